The highest BCUT2D eigenvalue weighted by atomic mass is 19.4. The van der Waals surface area contributed by atoms with Crippen LogP contribution in [0.4, 0.5) is 43.4 Å². The van der Waals surface area contributed by atoms with Gasteiger partial charge < -0.3 is 15.2 Å². The summed E-state index contributed by atoms with van der Waals surface area (Å²) in [5.74, 6) is -5.00. The van der Waals surface area contributed by atoms with E-state index < -0.39 is 46.2 Å². The topological polar surface area (TPSA) is 97.1 Å². The maximum absolute atomic E-state index is 14.4. The predicted molar refractivity (Wildman–Crippen MR) is 103 cm³/mol. The Morgan fingerprint density at radius 3 is 2.27 bits per heavy atom. The number of alkyl halides is 3. The van der Waals surface area contributed by atoms with Crippen molar-refractivity contribution in [3.8, 4) is 11.4 Å². The van der Waals surface area contributed by atoms with Gasteiger partial charge in [-0.1, -0.05) is 11.2 Å². The number of nitrogens with one attached hydrogen (secondary N) is 2. The van der Waals surface area contributed by atoms with E-state index in [-0.39, 0.29) is 34.7 Å². The van der Waals surface area contributed by atoms with Crippen molar-refractivity contribution >= 4 is 17.1 Å². The molecule has 0 aliphatic heterocycles. The fourth-order valence-electron chi connectivity index (χ4n) is 2.89. The number of halogens is 6. The molecule has 0 fully saturated rings. The van der Waals surface area contributed by atoms with Gasteiger partial charge in [-0.2, -0.15) is 18.2 Å². The summed E-state index contributed by atoms with van der Waals surface area (Å²) in [4.78, 5) is 26.8. The van der Waals surface area contributed by atoms with E-state index in [1.807, 2.05) is 0 Å². The number of nitrogens with zero attached hydrogens (tertiary/aromatic N) is 2. The van der Waals surface area contributed by atoms with Crippen molar-refractivity contribution < 1.29 is 30.9 Å². The molecule has 0 radical (unpaired) electrons. The summed E-state index contributed by atoms with van der Waals surface area (Å²) < 4.78 is 83.0. The minimum absolute atomic E-state index is 0.164. The van der Waals surface area contributed by atoms with Gasteiger partial charge in [-0.05, 0) is 29.8 Å². The van der Waals surface area contributed by atoms with E-state index in [1.165, 1.54) is 6.07 Å². The van der Waals surface area contributed by atoms with E-state index in [2.05, 4.69) is 25.3 Å². The van der Waals surface area contributed by atoms with Gasteiger partial charge in [0.2, 0.25) is 5.82 Å². The molecule has 4 aromatic rings. The maximum Gasteiger partial charge on any atom is 0.471 e. The first-order valence-corrected chi connectivity index (χ1v) is 9.03. The summed E-state index contributed by atoms with van der Waals surface area (Å²) in [5.41, 5.74) is -2.61. The first-order chi connectivity index (χ1) is 15.5. The van der Waals surface area contributed by atoms with Crippen molar-refractivity contribution in [3.05, 3.63) is 85.8 Å². The van der Waals surface area contributed by atoms with Crippen molar-refractivity contribution in [1.29, 1.82) is 0 Å². The van der Waals surface area contributed by atoms with Gasteiger partial charge in [-0.3, -0.25) is 9.59 Å². The average Bonchev–Trinajstić information content (AvgIpc) is 3.24. The summed E-state index contributed by atoms with van der Waals surface area (Å²) in [7, 11) is 0. The lowest BCUT2D eigenvalue weighted by atomic mass is 10.1. The van der Waals surface area contributed by atoms with E-state index in [1.54, 1.807) is 0 Å². The standard InChI is InChI=1S/C20H10F6N4O3/c21-9-2-4-13(12(23)6-9)28-15-14(16(31)17(15)32)27-7-8-1-3-10(11(22)5-8)18-29-19(33-30-18)20(24,25)26/h1-6,27-28H,7H2. The number of hydrogen-bond acceptors (Lipinski definition) is 7. The quantitative estimate of drug-likeness (QED) is 0.325. The van der Waals surface area contributed by atoms with Crippen LogP contribution in [0.2, 0.25) is 0 Å². The molecule has 4 rings (SSSR count). The molecule has 0 amide bonds. The summed E-state index contributed by atoms with van der Waals surface area (Å²) in [6, 6.07) is 5.99. The molecular formula is C20H10F6N4O3. The monoisotopic (exact) mass is 468 g/mol. The Labute approximate surface area is 179 Å². The molecule has 0 spiro atoms. The second-order valence-corrected chi connectivity index (χ2v) is 6.75. The van der Waals surface area contributed by atoms with Crippen molar-refractivity contribution in [3.63, 3.8) is 0 Å². The van der Waals surface area contributed by atoms with Crippen LogP contribution in [0, 0.1) is 17.5 Å². The van der Waals surface area contributed by atoms with Crippen molar-refractivity contribution in [2.75, 3.05) is 10.6 Å². The number of aromatic nitrogens is 2. The summed E-state index contributed by atoms with van der Waals surface area (Å²) in [6.45, 7) is -0.164. The van der Waals surface area contributed by atoms with Crippen molar-refractivity contribution in [1.82, 2.24) is 10.1 Å². The zero-order valence-electron chi connectivity index (χ0n) is 16.1. The largest absolute Gasteiger partial charge is 0.471 e. The Bertz CT molecular complexity index is 1420. The molecule has 0 aliphatic rings. The normalized spacial score (nSPS) is 11.7. The van der Waals surface area contributed by atoms with Crippen molar-refractivity contribution in [2.45, 2.75) is 12.7 Å². The third-order valence-electron chi connectivity index (χ3n) is 4.51. The Kier molecular flexibility index (Phi) is 5.39. The van der Waals surface area contributed by atoms with Gasteiger partial charge in [0.25, 0.3) is 10.9 Å². The van der Waals surface area contributed by atoms with Crippen molar-refractivity contribution in [2.24, 2.45) is 0 Å². The fourth-order valence-corrected chi connectivity index (χ4v) is 2.89. The van der Waals surface area contributed by atoms with E-state index in [0.717, 1.165) is 24.3 Å². The first-order valence-electron chi connectivity index (χ1n) is 9.03. The first kappa shape index (κ1) is 22.0. The second kappa shape index (κ2) is 8.07. The molecule has 0 atom stereocenters. The molecule has 2 N–H and O–H groups in total. The van der Waals surface area contributed by atoms with Crippen LogP contribution in [0.25, 0.3) is 11.4 Å². The third-order valence-corrected chi connectivity index (χ3v) is 4.51. The molecule has 13 heteroatoms. The molecule has 0 saturated carbocycles. The molecule has 0 unspecified atom stereocenters. The highest BCUT2D eigenvalue weighted by Gasteiger charge is 2.38. The Morgan fingerprint density at radius 2 is 1.64 bits per heavy atom. The van der Waals surface area contributed by atoms with Gasteiger partial charge in [0.15, 0.2) is 0 Å². The summed E-state index contributed by atoms with van der Waals surface area (Å²) >= 11 is 0. The lowest BCUT2D eigenvalue weighted by molar-refractivity contribution is -0.159. The van der Waals surface area contributed by atoms with Crippen LogP contribution in [0.3, 0.4) is 0 Å². The number of benzene rings is 2. The average molecular weight is 468 g/mol. The molecule has 0 saturated heterocycles. The fraction of sp³-hybridized carbons (Fsp3) is 0.100. The zero-order chi connectivity index (χ0) is 23.9. The van der Waals surface area contributed by atoms with Gasteiger partial charge in [0.1, 0.15) is 28.8 Å². The number of rotatable bonds is 6. The molecule has 0 aliphatic carbocycles. The van der Waals surface area contributed by atoms with Gasteiger partial charge >= 0.3 is 12.1 Å². The predicted octanol–water partition coefficient (Wildman–Crippen LogP) is 4.12. The zero-order valence-corrected chi connectivity index (χ0v) is 16.1. The molecule has 1 aromatic heterocycles. The Hall–Kier alpha value is -4.16. The van der Waals surface area contributed by atoms with Gasteiger partial charge in [0.05, 0.1) is 11.3 Å². The van der Waals surface area contributed by atoms with Gasteiger partial charge in [-0.15, -0.1) is 0 Å². The van der Waals surface area contributed by atoms with E-state index in [0.29, 0.717) is 6.07 Å². The van der Waals surface area contributed by atoms with Gasteiger partial charge in [-0.25, -0.2) is 13.2 Å². The lowest BCUT2D eigenvalue weighted by Gasteiger charge is -2.15. The molecule has 3 aromatic carbocycles. The van der Waals surface area contributed by atoms with Gasteiger partial charge in [0, 0.05) is 12.6 Å². The van der Waals surface area contributed by atoms with Crippen LogP contribution in [-0.4, -0.2) is 10.1 Å². The number of anilines is 3. The van der Waals surface area contributed by atoms with Crippen LogP contribution in [0.1, 0.15) is 11.5 Å². The highest BCUT2D eigenvalue weighted by Crippen LogP contribution is 2.30. The third kappa shape index (κ3) is 4.29. The van der Waals surface area contributed by atoms with E-state index in [9.17, 15) is 35.9 Å². The summed E-state index contributed by atoms with van der Waals surface area (Å²) in [5, 5.41) is 8.13. The Balaban J connectivity index is 1.50. The van der Waals surface area contributed by atoms with Crippen LogP contribution in [0.15, 0.2) is 50.5 Å². The minimum atomic E-state index is -4.88. The molecular weight excluding hydrogens is 458 g/mol. The summed E-state index contributed by atoms with van der Waals surface area (Å²) in [6.07, 6.45) is -4.88. The molecule has 0 bridgehead atoms. The SMILES string of the molecule is O=c1c(NCc2ccc(-c3noc(C(F)(F)F)n3)c(F)c2)c(Nc2ccc(F)cc2F)c1=O. The Morgan fingerprint density at radius 1 is 0.909 bits per heavy atom. The molecule has 33 heavy (non-hydrogen) atoms. The minimum Gasteiger partial charge on any atom is -0.376 e. The highest BCUT2D eigenvalue weighted by molar-refractivity contribution is 5.78. The molecule has 1 heterocycles. The van der Waals surface area contributed by atoms with E-state index >= 15 is 0 Å². The lowest BCUT2D eigenvalue weighted by Crippen LogP contribution is -2.36. The number of hydrogen-bond donors (Lipinski definition) is 2. The van der Waals surface area contributed by atoms with Crippen LogP contribution >= 0.6 is 0 Å². The van der Waals surface area contributed by atoms with Crippen LogP contribution in [-0.2, 0) is 12.7 Å². The van der Waals surface area contributed by atoms with E-state index in [4.69, 9.17) is 0 Å². The maximum atomic E-state index is 14.4. The second-order valence-electron chi connectivity index (χ2n) is 6.75. The van der Waals surface area contributed by atoms with Crippen LogP contribution < -0.4 is 21.5 Å². The molecule has 7 nitrogen and oxygen atoms in total. The molecule has 170 valence electrons. The smallest absolute Gasteiger partial charge is 0.376 e. The van der Waals surface area contributed by atoms with Crippen LogP contribution in [0.5, 0.6) is 0 Å².